The zero-order valence-corrected chi connectivity index (χ0v) is 7.21. The summed E-state index contributed by atoms with van der Waals surface area (Å²) < 4.78 is 6.67. The zero-order chi connectivity index (χ0) is 9.10. The second-order valence-corrected chi connectivity index (χ2v) is 2.51. The fraction of sp³-hybridized carbons (Fsp3) is 0.111. The third-order valence-corrected chi connectivity index (χ3v) is 1.68. The fourth-order valence-electron chi connectivity index (χ4n) is 1.03. The van der Waals surface area contributed by atoms with Crippen LogP contribution < -0.4 is 4.74 Å². The van der Waals surface area contributed by atoms with Crippen LogP contribution in [0.2, 0.25) is 0 Å². The van der Waals surface area contributed by atoms with Gasteiger partial charge in [-0.2, -0.15) is 5.10 Å². The van der Waals surface area contributed by atoms with E-state index in [0.717, 1.165) is 11.6 Å². The maximum absolute atomic E-state index is 5.01. The first-order chi connectivity index (χ1) is 6.40. The van der Waals surface area contributed by atoms with Crippen molar-refractivity contribution in [2.24, 2.45) is 0 Å². The highest BCUT2D eigenvalue weighted by molar-refractivity contribution is 5.24. The van der Waals surface area contributed by atoms with E-state index in [1.807, 2.05) is 18.2 Å². The second-order valence-electron chi connectivity index (χ2n) is 2.51. The SMILES string of the molecule is COc1cnn(-c2ccccn2)c1. The molecule has 0 radical (unpaired) electrons. The molecule has 0 unspecified atom stereocenters. The average molecular weight is 175 g/mol. The Morgan fingerprint density at radius 2 is 2.31 bits per heavy atom. The summed E-state index contributed by atoms with van der Waals surface area (Å²) in [5.41, 5.74) is 0. The van der Waals surface area contributed by atoms with Crippen LogP contribution in [0.1, 0.15) is 0 Å². The lowest BCUT2D eigenvalue weighted by atomic mass is 10.5. The van der Waals surface area contributed by atoms with E-state index in [4.69, 9.17) is 4.74 Å². The third kappa shape index (κ3) is 1.51. The van der Waals surface area contributed by atoms with Crippen molar-refractivity contribution >= 4 is 0 Å². The van der Waals surface area contributed by atoms with Crippen molar-refractivity contribution in [1.82, 2.24) is 14.8 Å². The Balaban J connectivity index is 2.36. The number of ether oxygens (including phenoxy) is 1. The number of rotatable bonds is 2. The molecular formula is C9H9N3O. The normalized spacial score (nSPS) is 9.92. The number of aromatic nitrogens is 3. The number of pyridine rings is 1. The van der Waals surface area contributed by atoms with Crippen LogP contribution in [0.5, 0.6) is 5.75 Å². The van der Waals surface area contributed by atoms with Crippen LogP contribution in [0.25, 0.3) is 5.82 Å². The second kappa shape index (κ2) is 3.26. The van der Waals surface area contributed by atoms with Crippen molar-refractivity contribution in [2.45, 2.75) is 0 Å². The summed E-state index contributed by atoms with van der Waals surface area (Å²) in [6, 6.07) is 5.66. The Morgan fingerprint density at radius 3 is 2.92 bits per heavy atom. The van der Waals surface area contributed by atoms with Gasteiger partial charge in [0.1, 0.15) is 0 Å². The molecule has 0 aliphatic carbocycles. The van der Waals surface area contributed by atoms with Crippen LogP contribution in [0.3, 0.4) is 0 Å². The molecule has 66 valence electrons. The van der Waals surface area contributed by atoms with Crippen molar-refractivity contribution in [3.8, 4) is 11.6 Å². The molecule has 0 atom stereocenters. The lowest BCUT2D eigenvalue weighted by molar-refractivity contribution is 0.414. The maximum Gasteiger partial charge on any atom is 0.157 e. The molecule has 2 rings (SSSR count). The summed E-state index contributed by atoms with van der Waals surface area (Å²) in [4.78, 5) is 4.14. The van der Waals surface area contributed by atoms with Crippen LogP contribution in [0, 0.1) is 0 Å². The molecule has 13 heavy (non-hydrogen) atoms. The van der Waals surface area contributed by atoms with Gasteiger partial charge in [0.2, 0.25) is 0 Å². The summed E-state index contributed by atoms with van der Waals surface area (Å²) in [5.74, 6) is 1.51. The molecule has 0 saturated heterocycles. The predicted octanol–water partition coefficient (Wildman–Crippen LogP) is 1.28. The van der Waals surface area contributed by atoms with Gasteiger partial charge in [-0.25, -0.2) is 9.67 Å². The van der Waals surface area contributed by atoms with Crippen LogP contribution in [-0.2, 0) is 0 Å². The van der Waals surface area contributed by atoms with Crippen molar-refractivity contribution in [3.05, 3.63) is 36.8 Å². The summed E-state index contributed by atoms with van der Waals surface area (Å²) in [5, 5.41) is 4.09. The number of hydrogen-bond acceptors (Lipinski definition) is 3. The Hall–Kier alpha value is -1.84. The molecule has 0 saturated carbocycles. The molecule has 0 aromatic carbocycles. The van der Waals surface area contributed by atoms with E-state index < -0.39 is 0 Å². The molecule has 0 aliphatic rings. The van der Waals surface area contributed by atoms with E-state index in [1.165, 1.54) is 0 Å². The first-order valence-electron chi connectivity index (χ1n) is 3.90. The van der Waals surface area contributed by atoms with Crippen LogP contribution in [-0.4, -0.2) is 21.9 Å². The van der Waals surface area contributed by atoms with Crippen molar-refractivity contribution in [3.63, 3.8) is 0 Å². The van der Waals surface area contributed by atoms with Crippen LogP contribution in [0.15, 0.2) is 36.8 Å². The molecule has 0 bridgehead atoms. The zero-order valence-electron chi connectivity index (χ0n) is 7.21. The van der Waals surface area contributed by atoms with E-state index in [9.17, 15) is 0 Å². The monoisotopic (exact) mass is 175 g/mol. The van der Waals surface area contributed by atoms with Gasteiger partial charge in [-0.15, -0.1) is 0 Å². The summed E-state index contributed by atoms with van der Waals surface area (Å²) >= 11 is 0. The maximum atomic E-state index is 5.01. The quantitative estimate of drug-likeness (QED) is 0.690. The average Bonchev–Trinajstić information content (AvgIpc) is 2.67. The first-order valence-corrected chi connectivity index (χ1v) is 3.90. The third-order valence-electron chi connectivity index (χ3n) is 1.68. The molecule has 2 heterocycles. The standard InChI is InChI=1S/C9H9N3O/c1-13-8-6-11-12(7-8)9-4-2-3-5-10-9/h2-7H,1H3. The van der Waals surface area contributed by atoms with Gasteiger partial charge in [0.15, 0.2) is 11.6 Å². The van der Waals surface area contributed by atoms with Gasteiger partial charge < -0.3 is 4.74 Å². The summed E-state index contributed by atoms with van der Waals surface area (Å²) in [6.45, 7) is 0. The van der Waals surface area contributed by atoms with Crippen LogP contribution in [0.4, 0.5) is 0 Å². The van der Waals surface area contributed by atoms with Gasteiger partial charge >= 0.3 is 0 Å². The lowest BCUT2D eigenvalue weighted by Crippen LogP contribution is -1.95. The predicted molar refractivity (Wildman–Crippen MR) is 47.9 cm³/mol. The van der Waals surface area contributed by atoms with E-state index >= 15 is 0 Å². The van der Waals surface area contributed by atoms with E-state index in [2.05, 4.69) is 10.1 Å². The van der Waals surface area contributed by atoms with Gasteiger partial charge in [-0.1, -0.05) is 6.07 Å². The largest absolute Gasteiger partial charge is 0.493 e. The number of hydrogen-bond donors (Lipinski definition) is 0. The highest BCUT2D eigenvalue weighted by atomic mass is 16.5. The Labute approximate surface area is 75.8 Å². The molecule has 4 nitrogen and oxygen atoms in total. The van der Waals surface area contributed by atoms with Crippen molar-refractivity contribution in [1.29, 1.82) is 0 Å². The Morgan fingerprint density at radius 1 is 1.38 bits per heavy atom. The van der Waals surface area contributed by atoms with Gasteiger partial charge in [0.25, 0.3) is 0 Å². The Bertz CT molecular complexity index is 383. The van der Waals surface area contributed by atoms with Crippen molar-refractivity contribution in [2.75, 3.05) is 7.11 Å². The first kappa shape index (κ1) is 7.79. The van der Waals surface area contributed by atoms with E-state index in [-0.39, 0.29) is 0 Å². The molecule has 0 N–H and O–H groups in total. The van der Waals surface area contributed by atoms with Gasteiger partial charge in [-0.05, 0) is 12.1 Å². The Kier molecular flexibility index (Phi) is 1.96. The van der Waals surface area contributed by atoms with E-state index in [1.54, 1.807) is 30.4 Å². The highest BCUT2D eigenvalue weighted by Crippen LogP contribution is 2.10. The van der Waals surface area contributed by atoms with E-state index in [0.29, 0.717) is 0 Å². The summed E-state index contributed by atoms with van der Waals surface area (Å²) in [6.07, 6.45) is 5.15. The minimum Gasteiger partial charge on any atom is -0.493 e. The van der Waals surface area contributed by atoms with Gasteiger partial charge in [0, 0.05) is 6.20 Å². The topological polar surface area (TPSA) is 39.9 Å². The number of methoxy groups -OCH3 is 1. The van der Waals surface area contributed by atoms with Crippen LogP contribution >= 0.6 is 0 Å². The number of nitrogens with zero attached hydrogens (tertiary/aromatic N) is 3. The minimum atomic E-state index is 0.727. The molecule has 2 aromatic heterocycles. The van der Waals surface area contributed by atoms with Gasteiger partial charge in [0.05, 0.1) is 19.5 Å². The minimum absolute atomic E-state index is 0.727. The summed E-state index contributed by atoms with van der Waals surface area (Å²) in [7, 11) is 1.61. The van der Waals surface area contributed by atoms with Crippen molar-refractivity contribution < 1.29 is 4.74 Å². The molecule has 0 fully saturated rings. The smallest absolute Gasteiger partial charge is 0.157 e. The molecular weight excluding hydrogens is 166 g/mol. The molecule has 4 heteroatoms. The molecule has 2 aromatic rings. The molecule has 0 amide bonds. The lowest BCUT2D eigenvalue weighted by Gasteiger charge is -1.97. The highest BCUT2D eigenvalue weighted by Gasteiger charge is 1.99. The molecule has 0 aliphatic heterocycles. The molecule has 0 spiro atoms. The fourth-order valence-corrected chi connectivity index (χ4v) is 1.03. The van der Waals surface area contributed by atoms with Gasteiger partial charge in [-0.3, -0.25) is 0 Å².